The summed E-state index contributed by atoms with van der Waals surface area (Å²) in [5.74, 6) is 0. The zero-order chi connectivity index (χ0) is 10.5. The van der Waals surface area contributed by atoms with Gasteiger partial charge in [-0.25, -0.2) is 0 Å². The minimum absolute atomic E-state index is 0.253. The maximum atomic E-state index is 5.92. The molecule has 2 nitrogen and oxygen atoms in total. The summed E-state index contributed by atoms with van der Waals surface area (Å²) < 4.78 is 11.8. The van der Waals surface area contributed by atoms with Gasteiger partial charge in [0.15, 0.2) is 0 Å². The second-order valence-electron chi connectivity index (χ2n) is 3.73. The molecule has 0 aliphatic carbocycles. The average Bonchev–Trinajstić information content (AvgIpc) is 2.01. The highest BCUT2D eigenvalue weighted by molar-refractivity contribution is 9.09. The standard InChI is InChI=1S/C9H21BrO2Si/c1-6-13(7-10,11-8(2)3)12-9(4)5/h8-9H,6-7H2,1-5H3. The lowest BCUT2D eigenvalue weighted by atomic mass is 10.5. The highest BCUT2D eigenvalue weighted by Gasteiger charge is 2.36. The molecule has 0 aromatic carbocycles. The van der Waals surface area contributed by atoms with Crippen molar-refractivity contribution in [1.82, 2.24) is 0 Å². The first-order chi connectivity index (χ1) is 5.95. The molecule has 0 fully saturated rings. The molecule has 0 saturated carbocycles. The second-order valence-corrected chi connectivity index (χ2v) is 8.68. The Morgan fingerprint density at radius 3 is 1.62 bits per heavy atom. The van der Waals surface area contributed by atoms with Crippen LogP contribution >= 0.6 is 15.9 Å². The fraction of sp³-hybridized carbons (Fsp3) is 1.00. The molecule has 0 N–H and O–H groups in total. The van der Waals surface area contributed by atoms with E-state index in [1.165, 1.54) is 0 Å². The summed E-state index contributed by atoms with van der Waals surface area (Å²) in [5, 5.41) is 0. The molecule has 0 rings (SSSR count). The van der Waals surface area contributed by atoms with Crippen LogP contribution in [0.4, 0.5) is 0 Å². The molecule has 0 unspecified atom stereocenters. The van der Waals surface area contributed by atoms with Crippen molar-refractivity contribution in [3.8, 4) is 0 Å². The highest BCUT2D eigenvalue weighted by Crippen LogP contribution is 2.20. The van der Waals surface area contributed by atoms with Gasteiger partial charge in [0.25, 0.3) is 0 Å². The summed E-state index contributed by atoms with van der Waals surface area (Å²) in [6, 6.07) is 0.995. The van der Waals surface area contributed by atoms with Gasteiger partial charge in [-0.05, 0) is 33.7 Å². The molecule has 4 heteroatoms. The lowest BCUT2D eigenvalue weighted by Gasteiger charge is -2.31. The Hall–Kier alpha value is 0.617. The van der Waals surface area contributed by atoms with Gasteiger partial charge < -0.3 is 8.85 Å². The predicted octanol–water partition coefficient (Wildman–Crippen LogP) is 3.23. The zero-order valence-corrected chi connectivity index (χ0v) is 11.8. The average molecular weight is 269 g/mol. The monoisotopic (exact) mass is 268 g/mol. The van der Waals surface area contributed by atoms with Crippen molar-refractivity contribution in [2.75, 3.05) is 4.95 Å². The van der Waals surface area contributed by atoms with Crippen molar-refractivity contribution in [3.05, 3.63) is 0 Å². The quantitative estimate of drug-likeness (QED) is 0.544. The van der Waals surface area contributed by atoms with Crippen LogP contribution in [-0.2, 0) is 8.85 Å². The van der Waals surface area contributed by atoms with Gasteiger partial charge in [0.1, 0.15) is 0 Å². The Bertz CT molecular complexity index is 124. The number of hydrogen-bond donors (Lipinski definition) is 0. The summed E-state index contributed by atoms with van der Waals surface area (Å²) in [4.78, 5) is 0.854. The first kappa shape index (κ1) is 13.6. The smallest absolute Gasteiger partial charge is 0.349 e. The third kappa shape index (κ3) is 5.15. The van der Waals surface area contributed by atoms with Crippen LogP contribution in [0.5, 0.6) is 0 Å². The lowest BCUT2D eigenvalue weighted by molar-refractivity contribution is 0.110. The van der Waals surface area contributed by atoms with E-state index < -0.39 is 8.56 Å². The first-order valence-corrected chi connectivity index (χ1v) is 8.22. The van der Waals surface area contributed by atoms with Crippen molar-refractivity contribution >= 4 is 24.5 Å². The van der Waals surface area contributed by atoms with E-state index in [9.17, 15) is 0 Å². The summed E-state index contributed by atoms with van der Waals surface area (Å²) in [5.41, 5.74) is 0. The molecule has 0 amide bonds. The number of rotatable bonds is 6. The van der Waals surface area contributed by atoms with E-state index in [1.807, 2.05) is 0 Å². The van der Waals surface area contributed by atoms with E-state index in [4.69, 9.17) is 8.85 Å². The van der Waals surface area contributed by atoms with Crippen LogP contribution in [0.15, 0.2) is 0 Å². The van der Waals surface area contributed by atoms with E-state index in [2.05, 4.69) is 50.5 Å². The number of alkyl halides is 1. The van der Waals surface area contributed by atoms with Crippen LogP contribution in [0, 0.1) is 0 Å². The molecule has 0 saturated heterocycles. The maximum Gasteiger partial charge on any atom is 0.349 e. The molecule has 0 aromatic rings. The van der Waals surface area contributed by atoms with Crippen molar-refractivity contribution in [1.29, 1.82) is 0 Å². The van der Waals surface area contributed by atoms with E-state index in [0.29, 0.717) is 0 Å². The molecule has 0 spiro atoms. The molecule has 0 aliphatic rings. The Labute approximate surface area is 91.4 Å². The summed E-state index contributed by atoms with van der Waals surface area (Å²) in [6.07, 6.45) is 0.505. The van der Waals surface area contributed by atoms with Crippen LogP contribution in [-0.4, -0.2) is 25.7 Å². The van der Waals surface area contributed by atoms with Crippen molar-refractivity contribution < 1.29 is 8.85 Å². The number of halogens is 1. The van der Waals surface area contributed by atoms with Gasteiger partial charge in [-0.15, -0.1) is 0 Å². The topological polar surface area (TPSA) is 18.5 Å². The van der Waals surface area contributed by atoms with E-state index in [0.717, 1.165) is 11.0 Å². The molecule has 13 heavy (non-hydrogen) atoms. The van der Waals surface area contributed by atoms with Gasteiger partial charge in [0, 0.05) is 17.2 Å². The molecule has 0 atom stereocenters. The summed E-state index contributed by atoms with van der Waals surface area (Å²) >= 11 is 3.50. The van der Waals surface area contributed by atoms with E-state index in [1.54, 1.807) is 0 Å². The predicted molar refractivity (Wildman–Crippen MR) is 62.5 cm³/mol. The summed E-state index contributed by atoms with van der Waals surface area (Å²) in [6.45, 7) is 10.4. The van der Waals surface area contributed by atoms with Gasteiger partial charge in [-0.3, -0.25) is 0 Å². The Morgan fingerprint density at radius 1 is 1.08 bits per heavy atom. The van der Waals surface area contributed by atoms with Gasteiger partial charge in [0.2, 0.25) is 0 Å². The molecule has 0 radical (unpaired) electrons. The fourth-order valence-corrected chi connectivity index (χ4v) is 5.62. The molecule has 0 bridgehead atoms. The van der Waals surface area contributed by atoms with Gasteiger partial charge in [-0.1, -0.05) is 22.9 Å². The molecule has 0 heterocycles. The molecule has 0 aliphatic heterocycles. The van der Waals surface area contributed by atoms with Gasteiger partial charge in [-0.2, -0.15) is 0 Å². The zero-order valence-electron chi connectivity index (χ0n) is 9.26. The maximum absolute atomic E-state index is 5.92. The minimum Gasteiger partial charge on any atom is -0.391 e. The van der Waals surface area contributed by atoms with Crippen molar-refractivity contribution in [2.24, 2.45) is 0 Å². The van der Waals surface area contributed by atoms with E-state index in [-0.39, 0.29) is 12.2 Å². The van der Waals surface area contributed by atoms with Crippen molar-refractivity contribution in [3.63, 3.8) is 0 Å². The van der Waals surface area contributed by atoms with Crippen LogP contribution in [0.3, 0.4) is 0 Å². The molecular formula is C9H21BrO2Si. The number of hydrogen-bond acceptors (Lipinski definition) is 2. The van der Waals surface area contributed by atoms with Crippen LogP contribution in [0.25, 0.3) is 0 Å². The Morgan fingerprint density at radius 2 is 1.46 bits per heavy atom. The lowest BCUT2D eigenvalue weighted by Crippen LogP contribution is -2.47. The Balaban J connectivity index is 4.30. The van der Waals surface area contributed by atoms with Crippen LogP contribution in [0.1, 0.15) is 34.6 Å². The highest BCUT2D eigenvalue weighted by atomic mass is 79.9. The van der Waals surface area contributed by atoms with Gasteiger partial charge in [0.05, 0.1) is 0 Å². The van der Waals surface area contributed by atoms with Gasteiger partial charge >= 0.3 is 8.56 Å². The minimum atomic E-state index is -1.95. The van der Waals surface area contributed by atoms with Crippen LogP contribution < -0.4 is 0 Å². The Kier molecular flexibility index (Phi) is 6.46. The van der Waals surface area contributed by atoms with Crippen molar-refractivity contribution in [2.45, 2.75) is 52.9 Å². The third-order valence-electron chi connectivity index (χ3n) is 1.64. The normalized spacial score (nSPS) is 12.9. The first-order valence-electron chi connectivity index (χ1n) is 4.87. The molecule has 0 aromatic heterocycles. The summed E-state index contributed by atoms with van der Waals surface area (Å²) in [7, 11) is -1.95. The fourth-order valence-electron chi connectivity index (χ4n) is 1.21. The molecular weight excluding hydrogens is 248 g/mol. The largest absolute Gasteiger partial charge is 0.391 e. The third-order valence-corrected chi connectivity index (χ3v) is 7.49. The molecule has 80 valence electrons. The van der Waals surface area contributed by atoms with Crippen LogP contribution in [0.2, 0.25) is 6.04 Å². The second kappa shape index (κ2) is 6.17. The SMILES string of the molecule is CC[Si](CBr)(OC(C)C)OC(C)C. The van der Waals surface area contributed by atoms with E-state index >= 15 is 0 Å².